The Morgan fingerprint density at radius 1 is 1.39 bits per heavy atom. The molecule has 2 atom stereocenters. The van der Waals surface area contributed by atoms with Gasteiger partial charge in [-0.2, -0.15) is 0 Å². The minimum Gasteiger partial charge on any atom is -0.468 e. The minimum absolute atomic E-state index is 0.458. The number of likely N-dealkylation sites (N-methyl/N-ethyl adjacent to an activating group) is 1. The van der Waals surface area contributed by atoms with Crippen LogP contribution in [0.5, 0.6) is 5.75 Å². The summed E-state index contributed by atoms with van der Waals surface area (Å²) in [5.74, 6) is 0.0171. The molecule has 0 aliphatic carbocycles. The van der Waals surface area contributed by atoms with Crippen LogP contribution >= 0.6 is 24.1 Å². The largest absolute Gasteiger partial charge is 0.667 e. The Morgan fingerprint density at radius 3 is 2.44 bits per heavy atom. The average molecular weight is 335 g/mol. The molecule has 0 radical (unpaired) electrons. The number of rotatable bonds is 5. The number of hydrogen-bond acceptors (Lipinski definition) is 4. The van der Waals surface area contributed by atoms with E-state index in [0.29, 0.717) is 5.75 Å². The van der Waals surface area contributed by atoms with Gasteiger partial charge in [-0.15, -0.1) is 0 Å². The summed E-state index contributed by atoms with van der Waals surface area (Å²) in [5.41, 5.74) is 0. The SMILES string of the molecule is COC(=O)[C@H](C)N(C)[P+](=O)Oc1ccc(Br)cc1. The molecule has 0 aliphatic rings. The fraction of sp³-hybridized carbons (Fsp3) is 0.364. The Labute approximate surface area is 115 Å². The van der Waals surface area contributed by atoms with Crippen molar-refractivity contribution in [3.63, 3.8) is 0 Å². The highest BCUT2D eigenvalue weighted by molar-refractivity contribution is 9.10. The second kappa shape index (κ2) is 6.83. The first-order valence-corrected chi connectivity index (χ1v) is 7.09. The predicted octanol–water partition coefficient (Wildman–Crippen LogP) is 2.98. The number of carbonyl (C=O) groups excluding carboxylic acids is 1. The first-order valence-electron chi connectivity index (χ1n) is 5.17. The molecule has 0 N–H and O–H groups in total. The van der Waals surface area contributed by atoms with Gasteiger partial charge in [-0.1, -0.05) is 15.9 Å². The van der Waals surface area contributed by atoms with Crippen LogP contribution in [0.15, 0.2) is 28.7 Å². The molecule has 0 amide bonds. The van der Waals surface area contributed by atoms with Crippen LogP contribution in [-0.4, -0.2) is 30.8 Å². The van der Waals surface area contributed by atoms with Gasteiger partial charge in [0.25, 0.3) is 0 Å². The van der Waals surface area contributed by atoms with Crippen LogP contribution in [0, 0.1) is 0 Å². The molecule has 1 aromatic carbocycles. The van der Waals surface area contributed by atoms with E-state index in [2.05, 4.69) is 20.7 Å². The molecule has 0 spiro atoms. The van der Waals surface area contributed by atoms with Gasteiger partial charge < -0.3 is 4.74 Å². The summed E-state index contributed by atoms with van der Waals surface area (Å²) in [4.78, 5) is 11.3. The lowest BCUT2D eigenvalue weighted by Gasteiger charge is -2.10. The quantitative estimate of drug-likeness (QED) is 0.612. The summed E-state index contributed by atoms with van der Waals surface area (Å²) in [6.07, 6.45) is 0. The number of methoxy groups -OCH3 is 1. The zero-order valence-corrected chi connectivity index (χ0v) is 12.8. The molecule has 0 saturated heterocycles. The fourth-order valence-electron chi connectivity index (χ4n) is 1.11. The van der Waals surface area contributed by atoms with Crippen molar-refractivity contribution in [2.24, 2.45) is 0 Å². The van der Waals surface area contributed by atoms with Crippen LogP contribution in [0.1, 0.15) is 6.92 Å². The summed E-state index contributed by atoms with van der Waals surface area (Å²) in [5, 5.41) is 0. The van der Waals surface area contributed by atoms with Crippen LogP contribution in [0.2, 0.25) is 0 Å². The summed E-state index contributed by atoms with van der Waals surface area (Å²) in [6, 6.07) is 6.31. The second-order valence-corrected chi connectivity index (χ2v) is 5.76. The number of nitrogens with zero attached hydrogens (tertiary/aromatic N) is 1. The molecule has 1 unspecified atom stereocenters. The van der Waals surface area contributed by atoms with Crippen molar-refractivity contribution < 1.29 is 18.6 Å². The first kappa shape index (κ1) is 15.1. The average Bonchev–Trinajstić information content (AvgIpc) is 2.38. The Hall–Kier alpha value is -0.970. The summed E-state index contributed by atoms with van der Waals surface area (Å²) in [7, 11) is 0.690. The molecule has 0 heterocycles. The maximum atomic E-state index is 11.9. The highest BCUT2D eigenvalue weighted by Crippen LogP contribution is 2.32. The summed E-state index contributed by atoms with van der Waals surface area (Å²) >= 11 is 3.29. The molecule has 0 saturated carbocycles. The molecule has 0 aromatic heterocycles. The number of ether oxygens (including phenoxy) is 1. The molecule has 98 valence electrons. The van der Waals surface area contributed by atoms with E-state index in [1.165, 1.54) is 11.8 Å². The molecule has 0 bridgehead atoms. The zero-order valence-electron chi connectivity index (χ0n) is 10.3. The summed E-state index contributed by atoms with van der Waals surface area (Å²) < 4.78 is 24.0. The lowest BCUT2D eigenvalue weighted by atomic mass is 10.3. The summed E-state index contributed by atoms with van der Waals surface area (Å²) in [6.45, 7) is 1.60. The van der Waals surface area contributed by atoms with Crippen molar-refractivity contribution in [1.29, 1.82) is 0 Å². The number of carbonyl (C=O) groups is 1. The number of hydrogen-bond donors (Lipinski definition) is 0. The van der Waals surface area contributed by atoms with E-state index in [9.17, 15) is 9.36 Å². The van der Waals surface area contributed by atoms with Crippen molar-refractivity contribution in [3.05, 3.63) is 28.7 Å². The van der Waals surface area contributed by atoms with E-state index in [-0.39, 0.29) is 0 Å². The van der Waals surface area contributed by atoms with Crippen molar-refractivity contribution in [1.82, 2.24) is 4.67 Å². The van der Waals surface area contributed by atoms with Crippen LogP contribution in [0.25, 0.3) is 0 Å². The van der Waals surface area contributed by atoms with Gasteiger partial charge in [-0.05, 0) is 35.9 Å². The molecule has 18 heavy (non-hydrogen) atoms. The van der Waals surface area contributed by atoms with Gasteiger partial charge in [-0.25, -0.2) is 4.52 Å². The third-order valence-electron chi connectivity index (χ3n) is 2.36. The van der Waals surface area contributed by atoms with Gasteiger partial charge in [0.15, 0.2) is 11.8 Å². The van der Waals surface area contributed by atoms with E-state index in [4.69, 9.17) is 4.52 Å². The maximum Gasteiger partial charge on any atom is 0.667 e. The standard InChI is InChI=1S/C11H14BrNO4P/c1-8(11(14)16-3)13(2)18(15)17-10-6-4-9(12)5-7-10/h4-8H,1-3H3/q+1/t8-/m0/s1. The predicted molar refractivity (Wildman–Crippen MR) is 71.6 cm³/mol. The van der Waals surface area contributed by atoms with Crippen molar-refractivity contribution in [2.45, 2.75) is 13.0 Å². The molecule has 1 rings (SSSR count). The lowest BCUT2D eigenvalue weighted by molar-refractivity contribution is -0.144. The van der Waals surface area contributed by atoms with E-state index in [0.717, 1.165) is 4.47 Å². The van der Waals surface area contributed by atoms with Gasteiger partial charge >= 0.3 is 14.1 Å². The first-order chi connectivity index (χ1) is 8.45. The highest BCUT2D eigenvalue weighted by atomic mass is 79.9. The minimum atomic E-state index is -2.14. The van der Waals surface area contributed by atoms with E-state index in [1.807, 2.05) is 0 Å². The molecule has 7 heteroatoms. The third-order valence-corrected chi connectivity index (χ3v) is 4.11. The lowest BCUT2D eigenvalue weighted by Crippen LogP contribution is -2.32. The van der Waals surface area contributed by atoms with Gasteiger partial charge in [0.2, 0.25) is 0 Å². The molecule has 0 fully saturated rings. The van der Waals surface area contributed by atoms with Gasteiger partial charge in [0.05, 0.1) is 7.11 Å². The number of benzene rings is 1. The number of esters is 1. The number of halogens is 1. The fourth-order valence-corrected chi connectivity index (χ4v) is 2.19. The Morgan fingerprint density at radius 2 is 1.94 bits per heavy atom. The van der Waals surface area contributed by atoms with E-state index < -0.39 is 20.2 Å². The maximum absolute atomic E-state index is 11.9. The van der Waals surface area contributed by atoms with E-state index >= 15 is 0 Å². The third kappa shape index (κ3) is 4.05. The molecule has 5 nitrogen and oxygen atoms in total. The molecular weight excluding hydrogens is 321 g/mol. The monoisotopic (exact) mass is 334 g/mol. The molecule has 0 aliphatic heterocycles. The van der Waals surface area contributed by atoms with Crippen LogP contribution in [0.4, 0.5) is 0 Å². The van der Waals surface area contributed by atoms with Gasteiger partial charge in [0, 0.05) is 16.1 Å². The molecular formula is C11H14BrNO4P+. The van der Waals surface area contributed by atoms with Crippen LogP contribution in [0.3, 0.4) is 0 Å². The van der Waals surface area contributed by atoms with Crippen molar-refractivity contribution in [3.8, 4) is 5.75 Å². The van der Waals surface area contributed by atoms with Gasteiger partial charge in [-0.3, -0.25) is 4.79 Å². The van der Waals surface area contributed by atoms with Crippen molar-refractivity contribution >= 4 is 30.1 Å². The normalized spacial score (nSPS) is 13.1. The van der Waals surface area contributed by atoms with Gasteiger partial charge in [0.1, 0.15) is 0 Å². The smallest absolute Gasteiger partial charge is 0.468 e. The zero-order chi connectivity index (χ0) is 13.7. The Balaban J connectivity index is 2.65. The van der Waals surface area contributed by atoms with E-state index in [1.54, 1.807) is 38.2 Å². The molecule has 1 aromatic rings. The Kier molecular flexibility index (Phi) is 5.72. The Bertz CT molecular complexity index is 437. The van der Waals surface area contributed by atoms with Crippen LogP contribution < -0.4 is 4.52 Å². The second-order valence-electron chi connectivity index (χ2n) is 3.56. The van der Waals surface area contributed by atoms with Crippen LogP contribution in [-0.2, 0) is 14.1 Å². The topological polar surface area (TPSA) is 55.8 Å². The van der Waals surface area contributed by atoms with Crippen molar-refractivity contribution in [2.75, 3.05) is 14.2 Å². The highest BCUT2D eigenvalue weighted by Gasteiger charge is 2.36.